The second-order valence-electron chi connectivity index (χ2n) is 4.77. The monoisotopic (exact) mass is 282 g/mol. The molecule has 0 aliphatic carbocycles. The van der Waals surface area contributed by atoms with Crippen molar-refractivity contribution in [3.63, 3.8) is 0 Å². The lowest BCUT2D eigenvalue weighted by atomic mass is 10.1. The summed E-state index contributed by atoms with van der Waals surface area (Å²) in [4.78, 5) is 30.4. The summed E-state index contributed by atoms with van der Waals surface area (Å²) in [5.74, 6) is -0.567. The minimum atomic E-state index is -0.294. The average Bonchev–Trinajstić information content (AvgIpc) is 2.65. The van der Waals surface area contributed by atoms with Gasteiger partial charge in [-0.1, -0.05) is 12.1 Å². The summed E-state index contributed by atoms with van der Waals surface area (Å²) in [6.45, 7) is 0.268. The molecule has 6 heteroatoms. The zero-order chi connectivity index (χ0) is 14.8. The Morgan fingerprint density at radius 3 is 2.67 bits per heavy atom. The molecule has 0 atom stereocenters. The number of nitrogens with zero attached hydrogens (tertiary/aromatic N) is 3. The van der Waals surface area contributed by atoms with E-state index >= 15 is 0 Å². The average molecular weight is 282 g/mol. The Morgan fingerprint density at radius 1 is 1.19 bits per heavy atom. The normalized spacial score (nSPS) is 14.2. The van der Waals surface area contributed by atoms with E-state index in [4.69, 9.17) is 0 Å². The number of rotatable bonds is 1. The molecule has 0 bridgehead atoms. The molecule has 1 aliphatic rings. The van der Waals surface area contributed by atoms with Crippen LogP contribution in [0.15, 0.2) is 48.8 Å². The standard InChI is InChI=1S/C15H14N4O2/c1-18-10-19(15(21)11-6-8-16-9-7-11)17-14(20)12-4-2-3-5-13(12)18/h2-9H,10H2,1H3,(H,17,20). The molecule has 2 amide bonds. The van der Waals surface area contributed by atoms with Gasteiger partial charge < -0.3 is 4.90 Å². The number of nitrogens with one attached hydrogen (secondary N) is 1. The van der Waals surface area contributed by atoms with E-state index in [9.17, 15) is 9.59 Å². The lowest BCUT2D eigenvalue weighted by molar-refractivity contribution is 0.0595. The van der Waals surface area contributed by atoms with Crippen molar-refractivity contribution >= 4 is 17.5 Å². The first-order valence-electron chi connectivity index (χ1n) is 6.50. The third-order valence-electron chi connectivity index (χ3n) is 3.32. The van der Waals surface area contributed by atoms with Crippen LogP contribution in [-0.4, -0.2) is 35.5 Å². The molecule has 1 aromatic heterocycles. The van der Waals surface area contributed by atoms with Crippen LogP contribution in [0.25, 0.3) is 0 Å². The smallest absolute Gasteiger partial charge is 0.274 e. The highest BCUT2D eigenvalue weighted by Crippen LogP contribution is 2.22. The van der Waals surface area contributed by atoms with Crippen LogP contribution in [-0.2, 0) is 0 Å². The molecule has 1 N–H and O–H groups in total. The Balaban J connectivity index is 1.91. The molecule has 2 aromatic rings. The van der Waals surface area contributed by atoms with Gasteiger partial charge in [-0.3, -0.25) is 20.0 Å². The first-order chi connectivity index (χ1) is 10.2. The summed E-state index contributed by atoms with van der Waals surface area (Å²) in [5.41, 5.74) is 4.46. The molecule has 0 spiro atoms. The number of pyridine rings is 1. The van der Waals surface area contributed by atoms with Gasteiger partial charge in [-0.15, -0.1) is 0 Å². The van der Waals surface area contributed by atoms with Gasteiger partial charge in [0.1, 0.15) is 6.67 Å². The minimum absolute atomic E-state index is 0.268. The molecule has 21 heavy (non-hydrogen) atoms. The summed E-state index contributed by atoms with van der Waals surface area (Å²) in [7, 11) is 1.84. The number of benzene rings is 1. The highest BCUT2D eigenvalue weighted by atomic mass is 16.2. The minimum Gasteiger partial charge on any atom is -0.355 e. The Morgan fingerprint density at radius 2 is 1.90 bits per heavy atom. The molecule has 0 saturated heterocycles. The van der Waals surface area contributed by atoms with E-state index < -0.39 is 0 Å². The van der Waals surface area contributed by atoms with Gasteiger partial charge in [0.05, 0.1) is 11.3 Å². The molecule has 1 aliphatic heterocycles. The Kier molecular flexibility index (Phi) is 3.27. The molecule has 3 rings (SSSR count). The van der Waals surface area contributed by atoms with Gasteiger partial charge in [0.2, 0.25) is 0 Å². The molecule has 0 unspecified atom stereocenters. The number of carbonyl (C=O) groups is 2. The van der Waals surface area contributed by atoms with Crippen LogP contribution in [0.1, 0.15) is 20.7 Å². The molecule has 0 saturated carbocycles. The van der Waals surface area contributed by atoms with Gasteiger partial charge in [0, 0.05) is 25.0 Å². The molecule has 2 heterocycles. The lowest BCUT2D eigenvalue weighted by Gasteiger charge is -2.25. The maximum atomic E-state index is 12.5. The number of fused-ring (bicyclic) bond motifs is 1. The van der Waals surface area contributed by atoms with E-state index in [1.54, 1.807) is 36.7 Å². The summed E-state index contributed by atoms with van der Waals surface area (Å²) >= 11 is 0. The van der Waals surface area contributed by atoms with Crippen LogP contribution in [0.4, 0.5) is 5.69 Å². The zero-order valence-electron chi connectivity index (χ0n) is 11.5. The van der Waals surface area contributed by atoms with E-state index in [0.29, 0.717) is 11.1 Å². The van der Waals surface area contributed by atoms with Crippen LogP contribution in [0, 0.1) is 0 Å². The topological polar surface area (TPSA) is 65.5 Å². The number of amides is 2. The summed E-state index contributed by atoms with van der Waals surface area (Å²) in [6, 6.07) is 10.5. The predicted octanol–water partition coefficient (Wildman–Crippen LogP) is 1.28. The van der Waals surface area contributed by atoms with Gasteiger partial charge in [0.25, 0.3) is 11.8 Å². The fourth-order valence-electron chi connectivity index (χ4n) is 2.27. The maximum absolute atomic E-state index is 12.5. The van der Waals surface area contributed by atoms with E-state index in [2.05, 4.69) is 10.4 Å². The number of hydrogen-bond acceptors (Lipinski definition) is 4. The van der Waals surface area contributed by atoms with Crippen LogP contribution in [0.5, 0.6) is 0 Å². The Hall–Kier alpha value is -2.89. The van der Waals surface area contributed by atoms with Crippen LogP contribution in [0.2, 0.25) is 0 Å². The van der Waals surface area contributed by atoms with Crippen molar-refractivity contribution in [3.05, 3.63) is 59.9 Å². The fourth-order valence-corrected chi connectivity index (χ4v) is 2.27. The third kappa shape index (κ3) is 2.43. The molecule has 6 nitrogen and oxygen atoms in total. The van der Waals surface area contributed by atoms with Crippen molar-refractivity contribution < 1.29 is 9.59 Å². The lowest BCUT2D eigenvalue weighted by Crippen LogP contribution is -2.48. The Labute approximate surface area is 122 Å². The van der Waals surface area contributed by atoms with Crippen molar-refractivity contribution in [3.8, 4) is 0 Å². The van der Waals surface area contributed by atoms with Crippen molar-refractivity contribution in [2.45, 2.75) is 0 Å². The second kappa shape index (κ2) is 5.24. The zero-order valence-corrected chi connectivity index (χ0v) is 11.5. The van der Waals surface area contributed by atoms with E-state index in [0.717, 1.165) is 5.69 Å². The number of hydrogen-bond donors (Lipinski definition) is 1. The number of para-hydroxylation sites is 1. The molecule has 1 aromatic carbocycles. The number of carbonyl (C=O) groups excluding carboxylic acids is 2. The quantitative estimate of drug-likeness (QED) is 0.855. The van der Waals surface area contributed by atoms with E-state index in [1.165, 1.54) is 5.01 Å². The molecule has 106 valence electrons. The van der Waals surface area contributed by atoms with Crippen LogP contribution < -0.4 is 10.3 Å². The van der Waals surface area contributed by atoms with Gasteiger partial charge in [0.15, 0.2) is 0 Å². The summed E-state index contributed by atoms with van der Waals surface area (Å²) < 4.78 is 0. The van der Waals surface area contributed by atoms with Crippen molar-refractivity contribution in [2.24, 2.45) is 0 Å². The molecular formula is C15H14N4O2. The summed E-state index contributed by atoms with van der Waals surface area (Å²) in [6.07, 6.45) is 3.09. The van der Waals surface area contributed by atoms with Gasteiger partial charge in [-0.25, -0.2) is 5.01 Å². The summed E-state index contributed by atoms with van der Waals surface area (Å²) in [5, 5.41) is 1.30. The first-order valence-corrected chi connectivity index (χ1v) is 6.50. The molecule has 0 fully saturated rings. The number of aromatic nitrogens is 1. The fraction of sp³-hybridized carbons (Fsp3) is 0.133. The van der Waals surface area contributed by atoms with E-state index in [-0.39, 0.29) is 18.5 Å². The highest BCUT2D eigenvalue weighted by molar-refractivity contribution is 6.03. The Bertz CT molecular complexity index is 687. The van der Waals surface area contributed by atoms with Crippen molar-refractivity contribution in [2.75, 3.05) is 18.6 Å². The van der Waals surface area contributed by atoms with Gasteiger partial charge in [-0.2, -0.15) is 0 Å². The van der Waals surface area contributed by atoms with Crippen LogP contribution in [0.3, 0.4) is 0 Å². The highest BCUT2D eigenvalue weighted by Gasteiger charge is 2.26. The number of anilines is 1. The van der Waals surface area contributed by atoms with Crippen molar-refractivity contribution in [1.82, 2.24) is 15.4 Å². The number of hydrazine groups is 1. The molecular weight excluding hydrogens is 268 g/mol. The molecule has 0 radical (unpaired) electrons. The second-order valence-corrected chi connectivity index (χ2v) is 4.77. The van der Waals surface area contributed by atoms with Crippen molar-refractivity contribution in [1.29, 1.82) is 0 Å². The largest absolute Gasteiger partial charge is 0.355 e. The first kappa shape index (κ1) is 13.1. The van der Waals surface area contributed by atoms with Crippen LogP contribution >= 0.6 is 0 Å². The predicted molar refractivity (Wildman–Crippen MR) is 77.6 cm³/mol. The SMILES string of the molecule is CN1CN(C(=O)c2ccncc2)NC(=O)c2ccccc21. The maximum Gasteiger partial charge on any atom is 0.274 e. The van der Waals surface area contributed by atoms with E-state index in [1.807, 2.05) is 24.1 Å². The van der Waals surface area contributed by atoms with Gasteiger partial charge >= 0.3 is 0 Å². The third-order valence-corrected chi connectivity index (χ3v) is 3.32. The van der Waals surface area contributed by atoms with Gasteiger partial charge in [-0.05, 0) is 24.3 Å².